The first-order valence-corrected chi connectivity index (χ1v) is 3.20. The standard InChI is InChI=1S/C7H9Cl/c1-6-3-2-4-7(8)5-6/h2,4-6H,3H2,1H3/t6-/m0/s1. The molecule has 0 aromatic heterocycles. The van der Waals surface area contributed by atoms with Crippen molar-refractivity contribution < 1.29 is 0 Å². The van der Waals surface area contributed by atoms with Crippen molar-refractivity contribution >= 4 is 11.6 Å². The fraction of sp³-hybridized carbons (Fsp3) is 0.429. The molecular weight excluding hydrogens is 120 g/mol. The van der Waals surface area contributed by atoms with E-state index in [1.165, 1.54) is 0 Å². The number of allylic oxidation sites excluding steroid dienone is 4. The fourth-order valence-electron chi connectivity index (χ4n) is 0.791. The summed E-state index contributed by atoms with van der Waals surface area (Å²) in [5.41, 5.74) is 0. The molecule has 1 aliphatic carbocycles. The van der Waals surface area contributed by atoms with Crippen LogP contribution in [-0.2, 0) is 0 Å². The van der Waals surface area contributed by atoms with Crippen LogP contribution < -0.4 is 0 Å². The average Bonchev–Trinajstić information content (AvgIpc) is 1.64. The van der Waals surface area contributed by atoms with Crippen LogP contribution in [0.4, 0.5) is 0 Å². The van der Waals surface area contributed by atoms with E-state index in [1.54, 1.807) is 0 Å². The van der Waals surface area contributed by atoms with E-state index in [4.69, 9.17) is 11.6 Å². The minimum Gasteiger partial charge on any atom is -0.0847 e. The van der Waals surface area contributed by atoms with Gasteiger partial charge in [0.05, 0.1) is 0 Å². The Kier molecular flexibility index (Phi) is 1.74. The smallest absolute Gasteiger partial charge is 0.0365 e. The first kappa shape index (κ1) is 5.90. The molecule has 0 spiro atoms. The third kappa shape index (κ3) is 1.38. The normalized spacial score (nSPS) is 27.8. The maximum Gasteiger partial charge on any atom is 0.0365 e. The van der Waals surface area contributed by atoms with Crippen LogP contribution in [0.2, 0.25) is 0 Å². The summed E-state index contributed by atoms with van der Waals surface area (Å²) in [6.45, 7) is 2.16. The van der Waals surface area contributed by atoms with E-state index in [1.807, 2.05) is 6.08 Å². The van der Waals surface area contributed by atoms with Gasteiger partial charge >= 0.3 is 0 Å². The number of hydrogen-bond donors (Lipinski definition) is 0. The quantitative estimate of drug-likeness (QED) is 0.471. The monoisotopic (exact) mass is 128 g/mol. The molecule has 1 rings (SSSR count). The van der Waals surface area contributed by atoms with Crippen molar-refractivity contribution in [2.45, 2.75) is 13.3 Å². The van der Waals surface area contributed by atoms with Gasteiger partial charge in [0.1, 0.15) is 0 Å². The van der Waals surface area contributed by atoms with Crippen molar-refractivity contribution in [1.82, 2.24) is 0 Å². The van der Waals surface area contributed by atoms with Gasteiger partial charge in [-0.3, -0.25) is 0 Å². The van der Waals surface area contributed by atoms with Crippen molar-refractivity contribution in [2.24, 2.45) is 5.92 Å². The average molecular weight is 129 g/mol. The summed E-state index contributed by atoms with van der Waals surface area (Å²) in [5, 5.41) is 0.878. The summed E-state index contributed by atoms with van der Waals surface area (Å²) < 4.78 is 0. The molecule has 0 bridgehead atoms. The van der Waals surface area contributed by atoms with Gasteiger partial charge in [0.15, 0.2) is 0 Å². The minimum atomic E-state index is 0.632. The predicted octanol–water partition coefficient (Wildman–Crippen LogP) is 2.71. The lowest BCUT2D eigenvalue weighted by Gasteiger charge is -2.05. The van der Waals surface area contributed by atoms with Crippen LogP contribution in [0.15, 0.2) is 23.3 Å². The Labute approximate surface area is 54.8 Å². The topological polar surface area (TPSA) is 0 Å². The molecule has 0 aliphatic heterocycles. The van der Waals surface area contributed by atoms with Crippen LogP contribution in [0.25, 0.3) is 0 Å². The summed E-state index contributed by atoms with van der Waals surface area (Å²) in [5.74, 6) is 0.632. The first-order chi connectivity index (χ1) is 3.79. The van der Waals surface area contributed by atoms with Crippen LogP contribution in [0.1, 0.15) is 13.3 Å². The lowest BCUT2D eigenvalue weighted by Crippen LogP contribution is -1.90. The van der Waals surface area contributed by atoms with Crippen molar-refractivity contribution in [1.29, 1.82) is 0 Å². The minimum absolute atomic E-state index is 0.632. The van der Waals surface area contributed by atoms with Gasteiger partial charge in [-0.25, -0.2) is 0 Å². The summed E-state index contributed by atoms with van der Waals surface area (Å²) in [6.07, 6.45) is 7.26. The molecule has 0 amide bonds. The van der Waals surface area contributed by atoms with E-state index >= 15 is 0 Å². The highest BCUT2D eigenvalue weighted by Crippen LogP contribution is 2.17. The molecule has 0 N–H and O–H groups in total. The van der Waals surface area contributed by atoms with Crippen molar-refractivity contribution in [2.75, 3.05) is 0 Å². The van der Waals surface area contributed by atoms with Gasteiger partial charge < -0.3 is 0 Å². The Bertz CT molecular complexity index is 133. The number of halogens is 1. The van der Waals surface area contributed by atoms with Gasteiger partial charge in [-0.1, -0.05) is 30.7 Å². The lowest BCUT2D eigenvalue weighted by molar-refractivity contribution is 0.734. The fourth-order valence-corrected chi connectivity index (χ4v) is 1.09. The third-order valence-electron chi connectivity index (χ3n) is 1.23. The van der Waals surface area contributed by atoms with Crippen LogP contribution in [0.5, 0.6) is 0 Å². The predicted molar refractivity (Wildman–Crippen MR) is 36.9 cm³/mol. The summed E-state index contributed by atoms with van der Waals surface area (Å²) in [7, 11) is 0. The highest BCUT2D eigenvalue weighted by molar-refractivity contribution is 6.31. The molecule has 0 aromatic carbocycles. The SMILES string of the molecule is C[C@@H]1C=C(Cl)C=CC1. The van der Waals surface area contributed by atoms with E-state index in [2.05, 4.69) is 19.1 Å². The zero-order valence-electron chi connectivity index (χ0n) is 4.89. The Morgan fingerprint density at radius 3 is 2.88 bits per heavy atom. The second-order valence-electron chi connectivity index (χ2n) is 2.17. The first-order valence-electron chi connectivity index (χ1n) is 2.83. The molecule has 1 heteroatoms. The molecule has 44 valence electrons. The van der Waals surface area contributed by atoms with Gasteiger partial charge in [-0.05, 0) is 18.4 Å². The summed E-state index contributed by atoms with van der Waals surface area (Å²) in [6, 6.07) is 0. The van der Waals surface area contributed by atoms with Crippen LogP contribution in [0, 0.1) is 5.92 Å². The molecular formula is C7H9Cl. The third-order valence-corrected chi connectivity index (χ3v) is 1.48. The molecule has 0 aromatic rings. The Morgan fingerprint density at radius 1 is 1.75 bits per heavy atom. The second kappa shape index (κ2) is 2.36. The molecule has 0 saturated carbocycles. The largest absolute Gasteiger partial charge is 0.0847 e. The molecule has 0 radical (unpaired) electrons. The van der Waals surface area contributed by atoms with Crippen LogP contribution in [-0.4, -0.2) is 0 Å². The van der Waals surface area contributed by atoms with E-state index in [0.717, 1.165) is 11.5 Å². The molecule has 0 saturated heterocycles. The molecule has 0 heterocycles. The van der Waals surface area contributed by atoms with Gasteiger partial charge in [0, 0.05) is 5.03 Å². The van der Waals surface area contributed by atoms with E-state index < -0.39 is 0 Å². The molecule has 1 aliphatic rings. The van der Waals surface area contributed by atoms with E-state index in [0.29, 0.717) is 5.92 Å². The van der Waals surface area contributed by atoms with Crippen LogP contribution in [0.3, 0.4) is 0 Å². The second-order valence-corrected chi connectivity index (χ2v) is 2.60. The van der Waals surface area contributed by atoms with Gasteiger partial charge in [-0.15, -0.1) is 0 Å². The Hall–Kier alpha value is -0.230. The van der Waals surface area contributed by atoms with Crippen molar-refractivity contribution in [3.05, 3.63) is 23.3 Å². The zero-order valence-corrected chi connectivity index (χ0v) is 5.65. The van der Waals surface area contributed by atoms with Gasteiger partial charge in [0.2, 0.25) is 0 Å². The summed E-state index contributed by atoms with van der Waals surface area (Å²) in [4.78, 5) is 0. The van der Waals surface area contributed by atoms with Crippen molar-refractivity contribution in [3.8, 4) is 0 Å². The van der Waals surface area contributed by atoms with Gasteiger partial charge in [-0.2, -0.15) is 0 Å². The highest BCUT2D eigenvalue weighted by atomic mass is 35.5. The Balaban J connectivity index is 2.63. The highest BCUT2D eigenvalue weighted by Gasteiger charge is 1.99. The maximum atomic E-state index is 5.69. The Morgan fingerprint density at radius 2 is 2.50 bits per heavy atom. The van der Waals surface area contributed by atoms with E-state index in [9.17, 15) is 0 Å². The number of rotatable bonds is 0. The lowest BCUT2D eigenvalue weighted by atomic mass is 10.0. The molecule has 0 fully saturated rings. The van der Waals surface area contributed by atoms with E-state index in [-0.39, 0.29) is 0 Å². The van der Waals surface area contributed by atoms with Crippen LogP contribution >= 0.6 is 11.6 Å². The molecule has 8 heavy (non-hydrogen) atoms. The molecule has 0 unspecified atom stereocenters. The zero-order chi connectivity index (χ0) is 5.98. The molecule has 0 nitrogen and oxygen atoms in total. The molecule has 1 atom stereocenters. The maximum absolute atomic E-state index is 5.69. The van der Waals surface area contributed by atoms with Gasteiger partial charge in [0.25, 0.3) is 0 Å². The van der Waals surface area contributed by atoms with Crippen molar-refractivity contribution in [3.63, 3.8) is 0 Å². The summed E-state index contributed by atoms with van der Waals surface area (Å²) >= 11 is 5.69. The number of hydrogen-bond acceptors (Lipinski definition) is 0.